The summed E-state index contributed by atoms with van der Waals surface area (Å²) in [4.78, 5) is 17.6. The number of hydrogen-bond donors (Lipinski definition) is 0. The van der Waals surface area contributed by atoms with Gasteiger partial charge in [-0.05, 0) is 75.7 Å². The highest BCUT2D eigenvalue weighted by atomic mass is 79.9. The lowest BCUT2D eigenvalue weighted by atomic mass is 9.87. The Bertz CT molecular complexity index is 559. The van der Waals surface area contributed by atoms with E-state index in [1.165, 1.54) is 38.8 Å². The highest BCUT2D eigenvalue weighted by Gasteiger charge is 2.38. The molecule has 3 atom stereocenters. The van der Waals surface area contributed by atoms with Crippen molar-refractivity contribution in [2.45, 2.75) is 49.4 Å². The maximum Gasteiger partial charge on any atom is 0.253 e. The first-order valence-electron chi connectivity index (χ1n) is 8.89. The summed E-state index contributed by atoms with van der Waals surface area (Å²) in [5.74, 6) is 0.152. The molecule has 2 fully saturated rings. The number of likely N-dealkylation sites (tertiary alicyclic amines) is 1. The summed E-state index contributed by atoms with van der Waals surface area (Å²) < 4.78 is 1.01. The third-order valence-corrected chi connectivity index (χ3v) is 7.21. The van der Waals surface area contributed by atoms with E-state index in [0.29, 0.717) is 12.1 Å². The van der Waals surface area contributed by atoms with Crippen LogP contribution in [0.4, 0.5) is 0 Å². The van der Waals surface area contributed by atoms with Crippen LogP contribution >= 0.6 is 27.7 Å². The largest absolute Gasteiger partial charge is 0.337 e. The molecule has 0 aromatic heterocycles. The topological polar surface area (TPSA) is 23.6 Å². The van der Waals surface area contributed by atoms with Crippen LogP contribution in [0.5, 0.6) is 0 Å². The van der Waals surface area contributed by atoms with Crippen molar-refractivity contribution in [1.82, 2.24) is 9.80 Å². The fourth-order valence-electron chi connectivity index (χ4n) is 4.17. The molecule has 5 heteroatoms. The summed E-state index contributed by atoms with van der Waals surface area (Å²) in [7, 11) is 2.00. The summed E-state index contributed by atoms with van der Waals surface area (Å²) in [6, 6.07) is 8.58. The van der Waals surface area contributed by atoms with Gasteiger partial charge < -0.3 is 4.90 Å². The van der Waals surface area contributed by atoms with Crippen molar-refractivity contribution >= 4 is 33.6 Å². The number of likely N-dealkylation sites (N-methyl/N-ethyl adjacent to an activating group) is 1. The van der Waals surface area contributed by atoms with Crippen LogP contribution in [0.2, 0.25) is 0 Å². The fraction of sp³-hybridized carbons (Fsp3) is 0.632. The summed E-state index contributed by atoms with van der Waals surface area (Å²) >= 11 is 5.44. The Balaban J connectivity index is 1.76. The third-order valence-electron chi connectivity index (χ3n) is 5.58. The Morgan fingerprint density at radius 1 is 1.21 bits per heavy atom. The standard InChI is InChI=1S/C19H27BrN2OS/c1-21(19(23)14-5-7-15(20)8-6-14)17-10-9-16(24-2)13-18(17)22-11-3-4-12-22/h5-8,16-18H,3-4,9-13H2,1-2H3. The molecule has 0 radical (unpaired) electrons. The number of nitrogens with zero attached hydrogens (tertiary/aromatic N) is 2. The fourth-order valence-corrected chi connectivity index (χ4v) is 5.20. The van der Waals surface area contributed by atoms with Gasteiger partial charge in [-0.2, -0.15) is 11.8 Å². The third kappa shape index (κ3) is 4.00. The van der Waals surface area contributed by atoms with Gasteiger partial charge in [0.15, 0.2) is 0 Å². The van der Waals surface area contributed by atoms with Gasteiger partial charge >= 0.3 is 0 Å². The van der Waals surface area contributed by atoms with Crippen molar-refractivity contribution < 1.29 is 4.79 Å². The first-order valence-corrected chi connectivity index (χ1v) is 11.0. The summed E-state index contributed by atoms with van der Waals surface area (Å²) in [6.07, 6.45) is 8.38. The van der Waals surface area contributed by atoms with Gasteiger partial charge in [-0.25, -0.2) is 0 Å². The molecule has 24 heavy (non-hydrogen) atoms. The molecule has 1 amide bonds. The molecule has 3 unspecified atom stereocenters. The molecule has 1 saturated heterocycles. The van der Waals surface area contributed by atoms with E-state index in [9.17, 15) is 4.79 Å². The number of thioether (sulfide) groups is 1. The maximum atomic E-state index is 13.0. The predicted octanol–water partition coefficient (Wildman–Crippen LogP) is 4.27. The Morgan fingerprint density at radius 2 is 1.88 bits per heavy atom. The van der Waals surface area contributed by atoms with Crippen LogP contribution in [-0.2, 0) is 0 Å². The highest BCUT2D eigenvalue weighted by molar-refractivity contribution is 9.10. The lowest BCUT2D eigenvalue weighted by Gasteiger charge is -2.44. The van der Waals surface area contributed by atoms with Crippen LogP contribution in [0.3, 0.4) is 0 Å². The van der Waals surface area contributed by atoms with Gasteiger partial charge in [0.25, 0.3) is 5.91 Å². The van der Waals surface area contributed by atoms with E-state index in [2.05, 4.69) is 27.1 Å². The van der Waals surface area contributed by atoms with E-state index in [4.69, 9.17) is 0 Å². The highest BCUT2D eigenvalue weighted by Crippen LogP contribution is 2.34. The van der Waals surface area contributed by atoms with Crippen molar-refractivity contribution in [3.05, 3.63) is 34.3 Å². The minimum absolute atomic E-state index is 0.152. The molecule has 1 heterocycles. The Hall–Kier alpha value is -0.520. The SMILES string of the molecule is CSC1CCC(N(C)C(=O)c2ccc(Br)cc2)C(N2CCCC2)C1. The quantitative estimate of drug-likeness (QED) is 0.740. The van der Waals surface area contributed by atoms with E-state index >= 15 is 0 Å². The molecular weight excluding hydrogens is 384 g/mol. The van der Waals surface area contributed by atoms with Crippen molar-refractivity contribution in [3.63, 3.8) is 0 Å². The molecule has 0 bridgehead atoms. The second-order valence-electron chi connectivity index (χ2n) is 6.97. The number of carbonyl (C=O) groups excluding carboxylic acids is 1. The lowest BCUT2D eigenvalue weighted by Crippen LogP contribution is -2.55. The van der Waals surface area contributed by atoms with Crippen molar-refractivity contribution in [3.8, 4) is 0 Å². The monoisotopic (exact) mass is 410 g/mol. The number of benzene rings is 1. The molecule has 1 aromatic rings. The minimum Gasteiger partial charge on any atom is -0.337 e. The minimum atomic E-state index is 0.152. The van der Waals surface area contributed by atoms with Crippen LogP contribution < -0.4 is 0 Å². The van der Waals surface area contributed by atoms with Crippen LogP contribution in [0.15, 0.2) is 28.7 Å². The average molecular weight is 411 g/mol. The second kappa shape index (κ2) is 8.24. The normalized spacial score (nSPS) is 28.0. The van der Waals surface area contributed by atoms with Gasteiger partial charge in [0, 0.05) is 34.4 Å². The average Bonchev–Trinajstić information content (AvgIpc) is 3.15. The summed E-state index contributed by atoms with van der Waals surface area (Å²) in [5.41, 5.74) is 0.785. The predicted molar refractivity (Wildman–Crippen MR) is 106 cm³/mol. The molecule has 0 N–H and O–H groups in total. The molecule has 1 aliphatic heterocycles. The van der Waals surface area contributed by atoms with Gasteiger partial charge in [0.05, 0.1) is 0 Å². The van der Waals surface area contributed by atoms with E-state index in [-0.39, 0.29) is 5.91 Å². The van der Waals surface area contributed by atoms with Crippen LogP contribution in [0.25, 0.3) is 0 Å². The zero-order chi connectivity index (χ0) is 17.1. The number of hydrogen-bond acceptors (Lipinski definition) is 3. The molecule has 1 saturated carbocycles. The smallest absolute Gasteiger partial charge is 0.253 e. The van der Waals surface area contributed by atoms with Crippen molar-refractivity contribution in [1.29, 1.82) is 0 Å². The van der Waals surface area contributed by atoms with E-state index in [1.54, 1.807) is 0 Å². The van der Waals surface area contributed by atoms with Crippen molar-refractivity contribution in [2.24, 2.45) is 0 Å². The molecular formula is C19H27BrN2OS. The van der Waals surface area contributed by atoms with Gasteiger partial charge in [-0.15, -0.1) is 0 Å². The number of amides is 1. The van der Waals surface area contributed by atoms with Gasteiger partial charge in [-0.1, -0.05) is 15.9 Å². The van der Waals surface area contributed by atoms with Crippen LogP contribution in [-0.4, -0.2) is 59.4 Å². The van der Waals surface area contributed by atoms with Gasteiger partial charge in [-0.3, -0.25) is 9.69 Å². The van der Waals surface area contributed by atoms with E-state index in [0.717, 1.165) is 21.7 Å². The van der Waals surface area contributed by atoms with Crippen LogP contribution in [0.1, 0.15) is 42.5 Å². The maximum absolute atomic E-state index is 13.0. The first kappa shape index (κ1) is 18.3. The molecule has 3 rings (SSSR count). The molecule has 1 aromatic carbocycles. The molecule has 2 aliphatic rings. The van der Waals surface area contributed by atoms with Gasteiger partial charge in [0.1, 0.15) is 0 Å². The number of halogens is 1. The number of rotatable bonds is 4. The molecule has 3 nitrogen and oxygen atoms in total. The van der Waals surface area contributed by atoms with Gasteiger partial charge in [0.2, 0.25) is 0 Å². The molecule has 1 aliphatic carbocycles. The zero-order valence-electron chi connectivity index (χ0n) is 14.6. The van der Waals surface area contributed by atoms with E-state index < -0.39 is 0 Å². The molecule has 0 spiro atoms. The Kier molecular flexibility index (Phi) is 6.27. The molecule has 132 valence electrons. The summed E-state index contributed by atoms with van der Waals surface area (Å²) in [5, 5.41) is 0.739. The lowest BCUT2D eigenvalue weighted by molar-refractivity contribution is 0.0504. The summed E-state index contributed by atoms with van der Waals surface area (Å²) in [6.45, 7) is 2.39. The van der Waals surface area contributed by atoms with Crippen LogP contribution in [0, 0.1) is 0 Å². The van der Waals surface area contributed by atoms with E-state index in [1.807, 2.05) is 48.0 Å². The Labute approximate surface area is 158 Å². The first-order chi connectivity index (χ1) is 11.6. The second-order valence-corrected chi connectivity index (χ2v) is 9.03. The Morgan fingerprint density at radius 3 is 2.50 bits per heavy atom. The zero-order valence-corrected chi connectivity index (χ0v) is 17.0. The number of carbonyl (C=O) groups is 1. The van der Waals surface area contributed by atoms with Crippen molar-refractivity contribution in [2.75, 3.05) is 26.4 Å².